The van der Waals surface area contributed by atoms with Crippen LogP contribution in [0.3, 0.4) is 0 Å². The molecule has 1 saturated carbocycles. The first-order valence-corrected chi connectivity index (χ1v) is 8.84. The molecule has 2 amide bonds. The molecule has 0 heterocycles. The van der Waals surface area contributed by atoms with Crippen molar-refractivity contribution in [3.63, 3.8) is 0 Å². The van der Waals surface area contributed by atoms with Gasteiger partial charge in [-0.15, -0.1) is 0 Å². The van der Waals surface area contributed by atoms with E-state index >= 15 is 0 Å². The number of benzene rings is 1. The largest absolute Gasteiger partial charge is 0.481 e. The molecule has 5 nitrogen and oxygen atoms in total. The van der Waals surface area contributed by atoms with E-state index in [0.717, 1.165) is 18.4 Å². The number of carboxylic acids is 1. The summed E-state index contributed by atoms with van der Waals surface area (Å²) < 4.78 is 0. The minimum Gasteiger partial charge on any atom is -0.481 e. The van der Waals surface area contributed by atoms with Crippen LogP contribution >= 0.6 is 11.6 Å². The summed E-state index contributed by atoms with van der Waals surface area (Å²) in [5.74, 6) is -0.399. The third-order valence-electron chi connectivity index (χ3n) is 4.64. The van der Waals surface area contributed by atoms with Crippen LogP contribution in [-0.2, 0) is 4.79 Å². The van der Waals surface area contributed by atoms with Crippen molar-refractivity contribution in [1.29, 1.82) is 0 Å². The van der Waals surface area contributed by atoms with Gasteiger partial charge < -0.3 is 15.3 Å². The molecule has 132 valence electrons. The second kappa shape index (κ2) is 8.92. The number of urea groups is 1. The van der Waals surface area contributed by atoms with Crippen LogP contribution in [0.2, 0.25) is 5.02 Å². The smallest absolute Gasteiger partial charge is 0.317 e. The predicted molar refractivity (Wildman–Crippen MR) is 94.2 cm³/mol. The lowest BCUT2D eigenvalue weighted by Gasteiger charge is -2.33. The third-order valence-corrected chi connectivity index (χ3v) is 4.89. The quantitative estimate of drug-likeness (QED) is 0.726. The zero-order chi connectivity index (χ0) is 17.5. The first kappa shape index (κ1) is 18.6. The molecule has 2 rings (SSSR count). The highest BCUT2D eigenvalue weighted by Gasteiger charge is 2.31. The third kappa shape index (κ3) is 5.13. The van der Waals surface area contributed by atoms with E-state index in [1.165, 1.54) is 12.8 Å². The molecule has 1 unspecified atom stereocenters. The molecule has 1 atom stereocenters. The van der Waals surface area contributed by atoms with Crippen LogP contribution in [0.5, 0.6) is 0 Å². The number of carbonyl (C=O) groups excluding carboxylic acids is 1. The predicted octanol–water partition coefficient (Wildman–Crippen LogP) is 4.08. The van der Waals surface area contributed by atoms with Crippen LogP contribution in [0.25, 0.3) is 0 Å². The van der Waals surface area contributed by atoms with Gasteiger partial charge in [-0.2, -0.15) is 0 Å². The molecule has 1 aliphatic carbocycles. The minimum absolute atomic E-state index is 0.0178. The summed E-state index contributed by atoms with van der Waals surface area (Å²) in [6, 6.07) is 7.55. The van der Waals surface area contributed by atoms with Gasteiger partial charge in [0.15, 0.2) is 0 Å². The van der Waals surface area contributed by atoms with Gasteiger partial charge in [0.05, 0.1) is 6.04 Å². The summed E-state index contributed by atoms with van der Waals surface area (Å²) in [5, 5.41) is 12.2. The highest BCUT2D eigenvalue weighted by Crippen LogP contribution is 2.39. The Labute approximate surface area is 148 Å². The van der Waals surface area contributed by atoms with Crippen LogP contribution in [0, 0.1) is 5.92 Å². The van der Waals surface area contributed by atoms with E-state index in [0.29, 0.717) is 23.9 Å². The fourth-order valence-corrected chi connectivity index (χ4v) is 3.56. The van der Waals surface area contributed by atoms with Crippen LogP contribution in [0.1, 0.15) is 50.1 Å². The molecule has 0 spiro atoms. The van der Waals surface area contributed by atoms with E-state index in [2.05, 4.69) is 5.32 Å². The maximum absolute atomic E-state index is 12.5. The van der Waals surface area contributed by atoms with E-state index < -0.39 is 5.97 Å². The molecule has 0 saturated heterocycles. The molecule has 1 aliphatic rings. The zero-order valence-corrected chi connectivity index (χ0v) is 14.8. The monoisotopic (exact) mass is 352 g/mol. The maximum atomic E-state index is 12.5. The Morgan fingerprint density at radius 2 is 1.92 bits per heavy atom. The van der Waals surface area contributed by atoms with Crippen molar-refractivity contribution in [3.05, 3.63) is 34.9 Å². The van der Waals surface area contributed by atoms with Crippen molar-refractivity contribution in [2.24, 2.45) is 5.92 Å². The maximum Gasteiger partial charge on any atom is 0.317 e. The van der Waals surface area contributed by atoms with Gasteiger partial charge in [-0.05, 0) is 42.9 Å². The number of nitrogens with one attached hydrogen (secondary N) is 1. The average molecular weight is 353 g/mol. The molecule has 0 aliphatic heterocycles. The SMILES string of the molecule is CN(C(=O)NCCCC(=O)O)C(c1ccc(Cl)cc1)C1CCCC1. The lowest BCUT2D eigenvalue weighted by atomic mass is 9.90. The van der Waals surface area contributed by atoms with Gasteiger partial charge >= 0.3 is 12.0 Å². The summed E-state index contributed by atoms with van der Waals surface area (Å²) in [6.07, 6.45) is 5.12. The number of carboxylic acid groups (broad SMARTS) is 1. The van der Waals surface area contributed by atoms with Crippen molar-refractivity contribution in [2.45, 2.75) is 44.6 Å². The van der Waals surface area contributed by atoms with Crippen LogP contribution in [0.4, 0.5) is 4.79 Å². The number of rotatable bonds is 7. The second-order valence-corrected chi connectivity index (χ2v) is 6.82. The van der Waals surface area contributed by atoms with Crippen molar-refractivity contribution < 1.29 is 14.7 Å². The zero-order valence-electron chi connectivity index (χ0n) is 14.0. The van der Waals surface area contributed by atoms with E-state index in [-0.39, 0.29) is 18.5 Å². The van der Waals surface area contributed by atoms with Gasteiger partial charge in [0.2, 0.25) is 0 Å². The van der Waals surface area contributed by atoms with Gasteiger partial charge in [0.25, 0.3) is 0 Å². The van der Waals surface area contributed by atoms with Gasteiger partial charge in [0, 0.05) is 25.0 Å². The molecule has 0 bridgehead atoms. The highest BCUT2D eigenvalue weighted by atomic mass is 35.5. The topological polar surface area (TPSA) is 69.6 Å². The van der Waals surface area contributed by atoms with Crippen molar-refractivity contribution in [3.8, 4) is 0 Å². The lowest BCUT2D eigenvalue weighted by molar-refractivity contribution is -0.137. The average Bonchev–Trinajstić information content (AvgIpc) is 3.07. The van der Waals surface area contributed by atoms with Gasteiger partial charge in [-0.25, -0.2) is 4.79 Å². The van der Waals surface area contributed by atoms with Crippen molar-refractivity contribution >= 4 is 23.6 Å². The summed E-state index contributed by atoms with van der Waals surface area (Å²) in [4.78, 5) is 24.8. The summed E-state index contributed by atoms with van der Waals surface area (Å²) in [7, 11) is 1.81. The normalized spacial score (nSPS) is 15.9. The van der Waals surface area contributed by atoms with E-state index in [9.17, 15) is 9.59 Å². The Hall–Kier alpha value is -1.75. The summed E-state index contributed by atoms with van der Waals surface area (Å²) in [6.45, 7) is 0.369. The Bertz CT molecular complexity index is 556. The number of amides is 2. The van der Waals surface area contributed by atoms with Gasteiger partial charge in [-0.1, -0.05) is 36.6 Å². The number of halogens is 1. The van der Waals surface area contributed by atoms with Gasteiger partial charge in [0.1, 0.15) is 0 Å². The number of hydrogen-bond donors (Lipinski definition) is 2. The van der Waals surface area contributed by atoms with Crippen LogP contribution in [0.15, 0.2) is 24.3 Å². The van der Waals surface area contributed by atoms with Crippen molar-refractivity contribution in [2.75, 3.05) is 13.6 Å². The molecule has 1 aromatic rings. The lowest BCUT2D eigenvalue weighted by Crippen LogP contribution is -2.42. The minimum atomic E-state index is -0.845. The fraction of sp³-hybridized carbons (Fsp3) is 0.556. The van der Waals surface area contributed by atoms with Crippen LogP contribution in [-0.4, -0.2) is 35.6 Å². The first-order chi connectivity index (χ1) is 11.5. The molecule has 1 fully saturated rings. The molecule has 6 heteroatoms. The van der Waals surface area contributed by atoms with Crippen LogP contribution < -0.4 is 5.32 Å². The molecule has 24 heavy (non-hydrogen) atoms. The standard InChI is InChI=1S/C18H25ClN2O3/c1-21(18(24)20-12-4-7-16(22)23)17(13-5-2-3-6-13)14-8-10-15(19)11-9-14/h8-11,13,17H,2-7,12H2,1H3,(H,20,24)(H,22,23). The van der Waals surface area contributed by atoms with E-state index in [1.807, 2.05) is 31.3 Å². The number of aliphatic carboxylic acids is 1. The second-order valence-electron chi connectivity index (χ2n) is 6.38. The Kier molecular flexibility index (Phi) is 6.91. The van der Waals surface area contributed by atoms with E-state index in [4.69, 9.17) is 16.7 Å². The van der Waals surface area contributed by atoms with Gasteiger partial charge in [-0.3, -0.25) is 4.79 Å². The van der Waals surface area contributed by atoms with Crippen molar-refractivity contribution in [1.82, 2.24) is 10.2 Å². The Morgan fingerprint density at radius 3 is 2.50 bits per heavy atom. The number of nitrogens with zero attached hydrogens (tertiary/aromatic N) is 1. The molecule has 1 aromatic carbocycles. The van der Waals surface area contributed by atoms with E-state index in [1.54, 1.807) is 4.90 Å². The molecule has 0 aromatic heterocycles. The molecule has 2 N–H and O–H groups in total. The summed E-state index contributed by atoms with van der Waals surface area (Å²) in [5.41, 5.74) is 1.09. The number of carbonyl (C=O) groups is 2. The number of hydrogen-bond acceptors (Lipinski definition) is 2. The summed E-state index contributed by atoms with van der Waals surface area (Å²) >= 11 is 5.99. The first-order valence-electron chi connectivity index (χ1n) is 8.47. The molecular weight excluding hydrogens is 328 g/mol. The Balaban J connectivity index is 2.03. The fourth-order valence-electron chi connectivity index (χ4n) is 3.43. The molecular formula is C18H25ClN2O3. The Morgan fingerprint density at radius 1 is 1.29 bits per heavy atom. The molecule has 0 radical (unpaired) electrons. The highest BCUT2D eigenvalue weighted by molar-refractivity contribution is 6.30.